The van der Waals surface area contributed by atoms with Crippen molar-refractivity contribution in [3.8, 4) is 0 Å². The molecule has 112 valence electrons. The third-order valence-electron chi connectivity index (χ3n) is 3.36. The summed E-state index contributed by atoms with van der Waals surface area (Å²) in [6.45, 7) is 4.26. The highest BCUT2D eigenvalue weighted by Gasteiger charge is 2.18. The summed E-state index contributed by atoms with van der Waals surface area (Å²) in [5.74, 6) is 0. The van der Waals surface area contributed by atoms with Crippen LogP contribution in [0.3, 0.4) is 0 Å². The van der Waals surface area contributed by atoms with E-state index >= 15 is 0 Å². The Labute approximate surface area is 125 Å². The van der Waals surface area contributed by atoms with Crippen LogP contribution in [-0.2, 0) is 23.1 Å². The molecule has 5 nitrogen and oxygen atoms in total. The average Bonchev–Trinajstić information content (AvgIpc) is 2.46. The molecule has 21 heavy (non-hydrogen) atoms. The van der Waals surface area contributed by atoms with Gasteiger partial charge >= 0.3 is 0 Å². The number of aromatic nitrogens is 1. The standard InChI is InChI=1S/C15H19N3O2S/c1-11-7-12(2)15(8-14(11)9-16)21(19,20)18-10-13-3-5-17-6-4-13/h3-8,18H,9-10,16H2,1-2H3. The molecule has 6 heteroatoms. The second-order valence-electron chi connectivity index (χ2n) is 4.93. The molecule has 0 radical (unpaired) electrons. The first kappa shape index (κ1) is 15.6. The van der Waals surface area contributed by atoms with Crippen LogP contribution in [0.2, 0.25) is 0 Å². The van der Waals surface area contributed by atoms with E-state index in [9.17, 15) is 8.42 Å². The Balaban J connectivity index is 2.27. The second kappa shape index (κ2) is 6.34. The fraction of sp³-hybridized carbons (Fsp3) is 0.267. The molecule has 0 spiro atoms. The molecule has 2 aromatic rings. The van der Waals surface area contributed by atoms with E-state index in [2.05, 4.69) is 9.71 Å². The van der Waals surface area contributed by atoms with Crippen molar-refractivity contribution in [2.75, 3.05) is 0 Å². The summed E-state index contributed by atoms with van der Waals surface area (Å²) in [5, 5.41) is 0. The fourth-order valence-corrected chi connectivity index (χ4v) is 3.43. The Kier molecular flexibility index (Phi) is 4.72. The fourth-order valence-electron chi connectivity index (χ4n) is 2.14. The molecule has 1 aromatic heterocycles. The van der Waals surface area contributed by atoms with Gasteiger partial charge in [0.05, 0.1) is 4.90 Å². The van der Waals surface area contributed by atoms with E-state index in [1.807, 2.05) is 13.0 Å². The van der Waals surface area contributed by atoms with Gasteiger partial charge in [-0.1, -0.05) is 6.07 Å². The van der Waals surface area contributed by atoms with Crippen LogP contribution >= 0.6 is 0 Å². The van der Waals surface area contributed by atoms with Crippen LogP contribution in [0.25, 0.3) is 0 Å². The van der Waals surface area contributed by atoms with Gasteiger partial charge in [-0.25, -0.2) is 13.1 Å². The minimum atomic E-state index is -3.56. The number of nitrogens with two attached hydrogens (primary N) is 1. The van der Waals surface area contributed by atoms with Gasteiger partial charge in [0.25, 0.3) is 0 Å². The highest BCUT2D eigenvalue weighted by atomic mass is 32.2. The van der Waals surface area contributed by atoms with Gasteiger partial charge in [-0.3, -0.25) is 4.98 Å². The molecule has 2 rings (SSSR count). The summed E-state index contributed by atoms with van der Waals surface area (Å²) in [7, 11) is -3.56. The van der Waals surface area contributed by atoms with Crippen LogP contribution < -0.4 is 10.5 Å². The van der Waals surface area contributed by atoms with E-state index in [4.69, 9.17) is 5.73 Å². The maximum absolute atomic E-state index is 12.4. The number of nitrogens with one attached hydrogen (secondary N) is 1. The first-order valence-electron chi connectivity index (χ1n) is 6.63. The Hall–Kier alpha value is -1.76. The Morgan fingerprint density at radius 2 is 1.81 bits per heavy atom. The van der Waals surface area contributed by atoms with Gasteiger partial charge in [-0.05, 0) is 54.3 Å². The van der Waals surface area contributed by atoms with Crippen LogP contribution in [0.15, 0.2) is 41.6 Å². The molecule has 0 aliphatic heterocycles. The van der Waals surface area contributed by atoms with Crippen molar-refractivity contribution in [2.24, 2.45) is 5.73 Å². The lowest BCUT2D eigenvalue weighted by Gasteiger charge is -2.13. The summed E-state index contributed by atoms with van der Waals surface area (Å²) in [5.41, 5.74) is 9.07. The number of pyridine rings is 1. The van der Waals surface area contributed by atoms with E-state index in [1.165, 1.54) is 0 Å². The maximum Gasteiger partial charge on any atom is 0.241 e. The van der Waals surface area contributed by atoms with Gasteiger partial charge in [-0.2, -0.15) is 0 Å². The van der Waals surface area contributed by atoms with Crippen molar-refractivity contribution in [1.82, 2.24) is 9.71 Å². The molecule has 0 aliphatic carbocycles. The van der Waals surface area contributed by atoms with E-state index < -0.39 is 10.0 Å². The summed E-state index contributed by atoms with van der Waals surface area (Å²) < 4.78 is 27.5. The van der Waals surface area contributed by atoms with Gasteiger partial charge < -0.3 is 5.73 Å². The van der Waals surface area contributed by atoms with E-state index in [-0.39, 0.29) is 11.4 Å². The van der Waals surface area contributed by atoms with Crippen molar-refractivity contribution in [2.45, 2.75) is 31.8 Å². The van der Waals surface area contributed by atoms with Crippen LogP contribution in [0, 0.1) is 13.8 Å². The van der Waals surface area contributed by atoms with Gasteiger partial charge in [0.1, 0.15) is 0 Å². The molecule has 0 unspecified atom stereocenters. The largest absolute Gasteiger partial charge is 0.326 e. The highest BCUT2D eigenvalue weighted by Crippen LogP contribution is 2.20. The molecule has 1 heterocycles. The Morgan fingerprint density at radius 3 is 2.43 bits per heavy atom. The first-order valence-corrected chi connectivity index (χ1v) is 8.11. The lowest BCUT2D eigenvalue weighted by atomic mass is 10.1. The van der Waals surface area contributed by atoms with Crippen LogP contribution in [0.5, 0.6) is 0 Å². The van der Waals surface area contributed by atoms with Gasteiger partial charge in [0, 0.05) is 25.5 Å². The zero-order valence-electron chi connectivity index (χ0n) is 12.1. The summed E-state index contributed by atoms with van der Waals surface area (Å²) in [4.78, 5) is 4.18. The summed E-state index contributed by atoms with van der Waals surface area (Å²) >= 11 is 0. The molecule has 0 saturated carbocycles. The van der Waals surface area contributed by atoms with E-state index in [1.54, 1.807) is 37.5 Å². The van der Waals surface area contributed by atoms with Gasteiger partial charge in [0.15, 0.2) is 0 Å². The van der Waals surface area contributed by atoms with Crippen molar-refractivity contribution in [1.29, 1.82) is 0 Å². The van der Waals surface area contributed by atoms with Gasteiger partial charge in [0.2, 0.25) is 10.0 Å². The summed E-state index contributed by atoms with van der Waals surface area (Å²) in [6.07, 6.45) is 3.26. The molecule has 0 aliphatic rings. The van der Waals surface area contributed by atoms with Crippen LogP contribution in [0.4, 0.5) is 0 Å². The minimum Gasteiger partial charge on any atom is -0.326 e. The topological polar surface area (TPSA) is 85.1 Å². The molecular formula is C15H19N3O2S. The van der Waals surface area contributed by atoms with Gasteiger partial charge in [-0.15, -0.1) is 0 Å². The lowest BCUT2D eigenvalue weighted by molar-refractivity contribution is 0.580. The van der Waals surface area contributed by atoms with Crippen molar-refractivity contribution >= 4 is 10.0 Å². The monoisotopic (exact) mass is 305 g/mol. The van der Waals surface area contributed by atoms with Crippen molar-refractivity contribution in [3.63, 3.8) is 0 Å². The zero-order chi connectivity index (χ0) is 15.5. The number of nitrogens with zero attached hydrogens (tertiary/aromatic N) is 1. The molecule has 0 bridgehead atoms. The zero-order valence-corrected chi connectivity index (χ0v) is 12.9. The molecule has 0 saturated heterocycles. The molecule has 0 fully saturated rings. The van der Waals surface area contributed by atoms with Crippen molar-refractivity contribution < 1.29 is 8.42 Å². The molecule has 0 atom stereocenters. The van der Waals surface area contributed by atoms with E-state index in [0.29, 0.717) is 12.1 Å². The molecular weight excluding hydrogens is 286 g/mol. The second-order valence-corrected chi connectivity index (χ2v) is 6.66. The summed E-state index contributed by atoms with van der Waals surface area (Å²) in [6, 6.07) is 7.05. The quantitative estimate of drug-likeness (QED) is 0.879. The number of hydrogen-bond acceptors (Lipinski definition) is 4. The minimum absolute atomic E-state index is 0.232. The molecule has 1 aromatic carbocycles. The SMILES string of the molecule is Cc1cc(C)c(S(=O)(=O)NCc2ccncc2)cc1CN. The number of aryl methyl sites for hydroxylation is 2. The van der Waals surface area contributed by atoms with Crippen LogP contribution in [-0.4, -0.2) is 13.4 Å². The number of rotatable bonds is 5. The first-order chi connectivity index (χ1) is 9.94. The maximum atomic E-state index is 12.4. The predicted octanol–water partition coefficient (Wildman–Crippen LogP) is 1.64. The molecule has 3 N–H and O–H groups in total. The predicted molar refractivity (Wildman–Crippen MR) is 82.1 cm³/mol. The van der Waals surface area contributed by atoms with E-state index in [0.717, 1.165) is 16.7 Å². The number of sulfonamides is 1. The van der Waals surface area contributed by atoms with Crippen molar-refractivity contribution in [3.05, 3.63) is 58.9 Å². The number of benzene rings is 1. The average molecular weight is 305 g/mol. The Morgan fingerprint density at radius 1 is 1.14 bits per heavy atom. The Bertz CT molecular complexity index is 728. The third kappa shape index (κ3) is 3.66. The highest BCUT2D eigenvalue weighted by molar-refractivity contribution is 7.89. The van der Waals surface area contributed by atoms with Crippen LogP contribution in [0.1, 0.15) is 22.3 Å². The smallest absolute Gasteiger partial charge is 0.241 e. The normalized spacial score (nSPS) is 11.6. The lowest BCUT2D eigenvalue weighted by Crippen LogP contribution is -2.24. The molecule has 0 amide bonds. The third-order valence-corrected chi connectivity index (χ3v) is 4.90. The number of hydrogen-bond donors (Lipinski definition) is 2.